The zero-order valence-corrected chi connectivity index (χ0v) is 23.1. The Morgan fingerprint density at radius 1 is 1.00 bits per heavy atom. The summed E-state index contributed by atoms with van der Waals surface area (Å²) in [6, 6.07) is 16.0. The second kappa shape index (κ2) is 10.3. The molecule has 0 fully saturated rings. The van der Waals surface area contributed by atoms with Gasteiger partial charge in [0.25, 0.3) is 11.5 Å². The zero-order valence-electron chi connectivity index (χ0n) is 23.1. The summed E-state index contributed by atoms with van der Waals surface area (Å²) in [4.78, 5) is 37.0. The number of amides is 1. The molecule has 1 atom stereocenters. The quantitative estimate of drug-likeness (QED) is 0.332. The summed E-state index contributed by atoms with van der Waals surface area (Å²) in [5, 5.41) is 12.2. The van der Waals surface area contributed by atoms with E-state index in [2.05, 4.69) is 20.5 Å². The van der Waals surface area contributed by atoms with Gasteiger partial charge in [0.1, 0.15) is 11.4 Å². The third-order valence-corrected chi connectivity index (χ3v) is 7.22. The Balaban J connectivity index is 1.47. The Morgan fingerprint density at radius 2 is 1.78 bits per heavy atom. The average Bonchev–Trinajstić information content (AvgIpc) is 3.49. The number of nitrogens with zero attached hydrogens (tertiary/aromatic N) is 7. The molecule has 0 spiro atoms. The number of benzene rings is 2. The molecular formula is C31H28N8O2. The maximum atomic E-state index is 14.2. The molecule has 41 heavy (non-hydrogen) atoms. The van der Waals surface area contributed by atoms with Gasteiger partial charge in [0, 0.05) is 30.7 Å². The van der Waals surface area contributed by atoms with Crippen LogP contribution in [0.1, 0.15) is 51.7 Å². The Hall–Kier alpha value is -5.38. The van der Waals surface area contributed by atoms with E-state index < -0.39 is 6.04 Å². The van der Waals surface area contributed by atoms with Gasteiger partial charge in [0.2, 0.25) is 0 Å². The van der Waals surface area contributed by atoms with Crippen molar-refractivity contribution >= 4 is 34.6 Å². The molecular weight excluding hydrogens is 516 g/mol. The molecule has 0 radical (unpaired) electrons. The highest BCUT2D eigenvalue weighted by molar-refractivity contribution is 6.01. The Labute approximate surface area is 235 Å². The van der Waals surface area contributed by atoms with Crippen molar-refractivity contribution < 1.29 is 4.79 Å². The van der Waals surface area contributed by atoms with E-state index in [0.29, 0.717) is 39.3 Å². The zero-order chi connectivity index (χ0) is 28.7. The van der Waals surface area contributed by atoms with Gasteiger partial charge in [-0.15, -0.1) is 0 Å². The highest BCUT2D eigenvalue weighted by atomic mass is 16.2. The van der Waals surface area contributed by atoms with Gasteiger partial charge in [-0.3, -0.25) is 18.8 Å². The number of hydrogen-bond acceptors (Lipinski definition) is 6. The predicted molar refractivity (Wildman–Crippen MR) is 158 cm³/mol. The van der Waals surface area contributed by atoms with E-state index in [-0.39, 0.29) is 11.5 Å². The van der Waals surface area contributed by atoms with E-state index in [1.54, 1.807) is 45.3 Å². The van der Waals surface area contributed by atoms with E-state index >= 15 is 0 Å². The van der Waals surface area contributed by atoms with Crippen LogP contribution in [0.4, 0.5) is 0 Å². The molecule has 0 aliphatic carbocycles. The van der Waals surface area contributed by atoms with Gasteiger partial charge in [-0.1, -0.05) is 42.5 Å². The molecule has 0 saturated carbocycles. The van der Waals surface area contributed by atoms with Crippen molar-refractivity contribution in [2.75, 3.05) is 0 Å². The second-order valence-electron chi connectivity index (χ2n) is 9.87. The maximum Gasteiger partial charge on any atom is 0.266 e. The van der Waals surface area contributed by atoms with Gasteiger partial charge in [-0.2, -0.15) is 10.2 Å². The molecule has 4 aromatic heterocycles. The normalized spacial score (nSPS) is 12.4. The molecule has 1 N–H and O–H groups in total. The van der Waals surface area contributed by atoms with Gasteiger partial charge in [-0.05, 0) is 50.6 Å². The number of carbonyl (C=O) groups is 1. The van der Waals surface area contributed by atoms with E-state index in [1.807, 2.05) is 81.6 Å². The van der Waals surface area contributed by atoms with Crippen LogP contribution in [0.5, 0.6) is 0 Å². The number of aromatic nitrogens is 7. The fraction of sp³-hybridized carbons (Fsp3) is 0.161. The minimum absolute atomic E-state index is 0.228. The van der Waals surface area contributed by atoms with Crippen LogP contribution < -0.4 is 10.9 Å². The second-order valence-corrected chi connectivity index (χ2v) is 9.87. The monoisotopic (exact) mass is 544 g/mol. The van der Waals surface area contributed by atoms with E-state index in [4.69, 9.17) is 4.98 Å². The van der Waals surface area contributed by atoms with Gasteiger partial charge < -0.3 is 5.32 Å². The van der Waals surface area contributed by atoms with Gasteiger partial charge in [-0.25, -0.2) is 14.5 Å². The summed E-state index contributed by atoms with van der Waals surface area (Å²) in [6.07, 6.45) is 9.02. The fourth-order valence-corrected chi connectivity index (χ4v) is 4.98. The van der Waals surface area contributed by atoms with Crippen molar-refractivity contribution in [1.29, 1.82) is 0 Å². The third-order valence-electron chi connectivity index (χ3n) is 7.22. The lowest BCUT2D eigenvalue weighted by Gasteiger charge is -2.20. The minimum Gasteiger partial charge on any atom is -0.342 e. The molecule has 204 valence electrons. The average molecular weight is 545 g/mol. The van der Waals surface area contributed by atoms with Crippen LogP contribution in [0.25, 0.3) is 34.4 Å². The molecule has 10 nitrogen and oxygen atoms in total. The topological polar surface area (TPSA) is 112 Å². The van der Waals surface area contributed by atoms with Crippen molar-refractivity contribution in [2.24, 2.45) is 7.05 Å². The third kappa shape index (κ3) is 4.59. The molecule has 1 unspecified atom stereocenters. The molecule has 0 bridgehead atoms. The van der Waals surface area contributed by atoms with Crippen molar-refractivity contribution in [3.05, 3.63) is 117 Å². The van der Waals surface area contributed by atoms with Crippen molar-refractivity contribution in [2.45, 2.75) is 26.8 Å². The number of fused-ring (bicyclic) bond motifs is 2. The van der Waals surface area contributed by atoms with E-state index in [9.17, 15) is 9.59 Å². The van der Waals surface area contributed by atoms with Crippen LogP contribution in [0, 0.1) is 13.8 Å². The molecule has 6 rings (SSSR count). The largest absolute Gasteiger partial charge is 0.342 e. The summed E-state index contributed by atoms with van der Waals surface area (Å²) in [5.41, 5.74) is 5.08. The highest BCUT2D eigenvalue weighted by Gasteiger charge is 2.24. The summed E-state index contributed by atoms with van der Waals surface area (Å²) >= 11 is 0. The van der Waals surface area contributed by atoms with Crippen LogP contribution in [0.2, 0.25) is 0 Å². The number of para-hydroxylation sites is 1. The summed E-state index contributed by atoms with van der Waals surface area (Å²) in [5.74, 6) is 0.0644. The summed E-state index contributed by atoms with van der Waals surface area (Å²) in [7, 11) is 1.89. The minimum atomic E-state index is -0.616. The Bertz CT molecular complexity index is 2020. The Kier molecular flexibility index (Phi) is 6.50. The first-order valence-electron chi connectivity index (χ1n) is 13.2. The lowest BCUT2D eigenvalue weighted by atomic mass is 10.1. The van der Waals surface area contributed by atoms with Crippen LogP contribution >= 0.6 is 0 Å². The van der Waals surface area contributed by atoms with Crippen LogP contribution in [-0.2, 0) is 7.05 Å². The SMILES string of the molecule is Cc1nn2cccnc2c1C(=O)NC(C)c1nc2cccc(/C=C/c3cnn(C)c3C)c2c(=O)n1-c1ccccc1. The Morgan fingerprint density at radius 3 is 2.54 bits per heavy atom. The summed E-state index contributed by atoms with van der Waals surface area (Å²) in [6.45, 7) is 5.57. The number of rotatable bonds is 6. The number of hydrogen-bond donors (Lipinski definition) is 1. The molecule has 1 amide bonds. The van der Waals surface area contributed by atoms with E-state index in [1.165, 1.54) is 0 Å². The highest BCUT2D eigenvalue weighted by Crippen LogP contribution is 2.23. The standard InChI is InChI=1S/C31H28N8O2/c1-19-26(29-32-16-9-17-38(29)36-19)30(40)34-20(2)28-35-25-13-8-10-22(14-15-23-18-33-37(4)21(23)3)27(25)31(41)39(28)24-11-6-5-7-12-24/h5-18,20H,1-4H3,(H,34,40)/b15-14+. The molecule has 0 saturated heterocycles. The van der Waals surface area contributed by atoms with Gasteiger partial charge in [0.15, 0.2) is 5.65 Å². The molecule has 6 aromatic rings. The fourth-order valence-electron chi connectivity index (χ4n) is 4.98. The van der Waals surface area contributed by atoms with Crippen LogP contribution in [-0.4, -0.2) is 39.8 Å². The van der Waals surface area contributed by atoms with Crippen LogP contribution in [0.3, 0.4) is 0 Å². The number of aryl methyl sites for hydroxylation is 2. The van der Waals surface area contributed by atoms with Crippen molar-refractivity contribution in [3.63, 3.8) is 0 Å². The molecule has 10 heteroatoms. The molecule has 0 aliphatic heterocycles. The molecule has 2 aromatic carbocycles. The number of nitrogens with one attached hydrogen (secondary N) is 1. The van der Waals surface area contributed by atoms with Crippen LogP contribution in [0.15, 0.2) is 78.0 Å². The number of carbonyl (C=O) groups excluding carboxylic acids is 1. The van der Waals surface area contributed by atoms with E-state index in [0.717, 1.165) is 16.8 Å². The maximum absolute atomic E-state index is 14.2. The molecule has 4 heterocycles. The molecule has 0 aliphatic rings. The van der Waals surface area contributed by atoms with Crippen molar-refractivity contribution in [3.8, 4) is 5.69 Å². The van der Waals surface area contributed by atoms with Crippen molar-refractivity contribution in [1.82, 2.24) is 39.2 Å². The van der Waals surface area contributed by atoms with Gasteiger partial charge >= 0.3 is 0 Å². The lowest BCUT2D eigenvalue weighted by molar-refractivity contribution is 0.0938. The first-order chi connectivity index (χ1) is 19.8. The summed E-state index contributed by atoms with van der Waals surface area (Å²) < 4.78 is 4.95. The smallest absolute Gasteiger partial charge is 0.266 e. The predicted octanol–water partition coefficient (Wildman–Crippen LogP) is 4.44. The van der Waals surface area contributed by atoms with Gasteiger partial charge in [0.05, 0.1) is 34.5 Å². The lowest BCUT2D eigenvalue weighted by Crippen LogP contribution is -2.33. The first-order valence-corrected chi connectivity index (χ1v) is 13.2. The first kappa shape index (κ1) is 25.9.